The van der Waals surface area contributed by atoms with Crippen molar-refractivity contribution in [1.82, 2.24) is 9.88 Å². The summed E-state index contributed by atoms with van der Waals surface area (Å²) in [4.78, 5) is 22.5. The van der Waals surface area contributed by atoms with Crippen LogP contribution < -0.4 is 4.90 Å². The third kappa shape index (κ3) is 2.80. The van der Waals surface area contributed by atoms with E-state index in [1.807, 2.05) is 6.20 Å². The number of carbonyl (C=O) groups is 1. The summed E-state index contributed by atoms with van der Waals surface area (Å²) in [5, 5.41) is 0. The quantitative estimate of drug-likeness (QED) is 0.833. The van der Waals surface area contributed by atoms with Gasteiger partial charge in [0.05, 0.1) is 5.41 Å². The second-order valence-electron chi connectivity index (χ2n) is 8.04. The summed E-state index contributed by atoms with van der Waals surface area (Å²) < 4.78 is 0. The molecule has 4 rings (SSSR count). The van der Waals surface area contributed by atoms with E-state index in [9.17, 15) is 4.79 Å². The largest absolute Gasteiger partial charge is 0.356 e. The molecule has 24 heavy (non-hydrogen) atoms. The van der Waals surface area contributed by atoms with Crippen molar-refractivity contribution in [3.8, 4) is 0 Å². The number of pyridine rings is 1. The highest BCUT2D eigenvalue weighted by molar-refractivity contribution is 5.85. The Labute approximate surface area is 145 Å². The van der Waals surface area contributed by atoms with E-state index >= 15 is 0 Å². The molecule has 4 heteroatoms. The number of nitrogens with zero attached hydrogens (tertiary/aromatic N) is 3. The molecule has 4 nitrogen and oxygen atoms in total. The van der Waals surface area contributed by atoms with E-state index in [0.29, 0.717) is 11.9 Å². The molecule has 130 valence electrons. The highest BCUT2D eigenvalue weighted by Crippen LogP contribution is 2.42. The molecule has 0 bridgehead atoms. The second-order valence-corrected chi connectivity index (χ2v) is 8.04. The van der Waals surface area contributed by atoms with Crippen molar-refractivity contribution in [2.45, 2.75) is 64.3 Å². The third-order valence-electron chi connectivity index (χ3n) is 6.36. The lowest BCUT2D eigenvalue weighted by Crippen LogP contribution is -2.54. The van der Waals surface area contributed by atoms with Crippen molar-refractivity contribution >= 4 is 11.7 Å². The Hall–Kier alpha value is -1.58. The fourth-order valence-corrected chi connectivity index (χ4v) is 4.94. The Bertz CT molecular complexity index is 593. The summed E-state index contributed by atoms with van der Waals surface area (Å²) in [5.74, 6) is 1.47. The normalized spacial score (nSPS) is 28.8. The predicted octanol–water partition coefficient (Wildman–Crippen LogP) is 3.54. The first kappa shape index (κ1) is 15.9. The number of aromatic nitrogens is 1. The first-order valence-corrected chi connectivity index (χ1v) is 9.67. The van der Waals surface area contributed by atoms with E-state index in [1.54, 1.807) is 0 Å². The van der Waals surface area contributed by atoms with Gasteiger partial charge in [-0.3, -0.25) is 4.79 Å². The lowest BCUT2D eigenvalue weighted by molar-refractivity contribution is -0.148. The van der Waals surface area contributed by atoms with Crippen LogP contribution in [0.15, 0.2) is 18.3 Å². The van der Waals surface area contributed by atoms with Crippen LogP contribution in [0.2, 0.25) is 0 Å². The third-order valence-corrected chi connectivity index (χ3v) is 6.36. The van der Waals surface area contributed by atoms with E-state index in [0.717, 1.165) is 44.7 Å². The molecule has 1 spiro atoms. The van der Waals surface area contributed by atoms with E-state index in [4.69, 9.17) is 0 Å². The van der Waals surface area contributed by atoms with Gasteiger partial charge < -0.3 is 9.80 Å². The van der Waals surface area contributed by atoms with E-state index in [2.05, 4.69) is 33.8 Å². The Morgan fingerprint density at radius 1 is 1.08 bits per heavy atom. The van der Waals surface area contributed by atoms with Crippen molar-refractivity contribution in [3.63, 3.8) is 0 Å². The van der Waals surface area contributed by atoms with E-state index in [1.165, 1.54) is 37.7 Å². The van der Waals surface area contributed by atoms with Gasteiger partial charge in [0.25, 0.3) is 0 Å². The molecule has 1 aromatic heterocycles. The van der Waals surface area contributed by atoms with Crippen LogP contribution in [-0.4, -0.2) is 41.5 Å². The first-order valence-electron chi connectivity index (χ1n) is 9.67. The fraction of sp³-hybridized carbons (Fsp3) is 0.700. The number of carbonyl (C=O) groups excluding carboxylic acids is 1. The molecule has 0 unspecified atom stereocenters. The molecule has 1 saturated carbocycles. The van der Waals surface area contributed by atoms with Gasteiger partial charge in [0.15, 0.2) is 0 Å². The minimum absolute atomic E-state index is 0.151. The van der Waals surface area contributed by atoms with Gasteiger partial charge in [0.2, 0.25) is 5.91 Å². The maximum absolute atomic E-state index is 13.4. The Kier molecular flexibility index (Phi) is 4.23. The summed E-state index contributed by atoms with van der Waals surface area (Å²) in [5.41, 5.74) is 1.03. The van der Waals surface area contributed by atoms with E-state index in [-0.39, 0.29) is 5.41 Å². The minimum atomic E-state index is -0.151. The van der Waals surface area contributed by atoms with Crippen molar-refractivity contribution in [1.29, 1.82) is 0 Å². The van der Waals surface area contributed by atoms with Gasteiger partial charge in [-0.05, 0) is 50.7 Å². The fourth-order valence-electron chi connectivity index (χ4n) is 4.94. The average Bonchev–Trinajstić information content (AvgIpc) is 3.04. The van der Waals surface area contributed by atoms with Crippen molar-refractivity contribution in [3.05, 3.63) is 23.9 Å². The summed E-state index contributed by atoms with van der Waals surface area (Å²) in [6, 6.07) is 4.72. The number of aryl methyl sites for hydroxylation is 1. The zero-order chi connectivity index (χ0) is 16.6. The van der Waals surface area contributed by atoms with Gasteiger partial charge in [-0.25, -0.2) is 4.98 Å². The summed E-state index contributed by atoms with van der Waals surface area (Å²) in [6.07, 6.45) is 11.5. The Morgan fingerprint density at radius 2 is 1.92 bits per heavy atom. The monoisotopic (exact) mass is 327 g/mol. The van der Waals surface area contributed by atoms with Gasteiger partial charge >= 0.3 is 0 Å². The van der Waals surface area contributed by atoms with Gasteiger partial charge in [0, 0.05) is 31.9 Å². The van der Waals surface area contributed by atoms with Crippen LogP contribution in [0.5, 0.6) is 0 Å². The zero-order valence-electron chi connectivity index (χ0n) is 14.8. The lowest BCUT2D eigenvalue weighted by atomic mass is 9.77. The molecule has 0 N–H and O–H groups in total. The molecule has 0 radical (unpaired) electrons. The predicted molar refractivity (Wildman–Crippen MR) is 96.1 cm³/mol. The molecule has 0 aromatic carbocycles. The zero-order valence-corrected chi connectivity index (χ0v) is 14.8. The molecule has 3 heterocycles. The molecule has 1 amide bonds. The number of hydrogen-bond acceptors (Lipinski definition) is 3. The Balaban J connectivity index is 1.50. The Morgan fingerprint density at radius 3 is 2.67 bits per heavy atom. The van der Waals surface area contributed by atoms with Crippen molar-refractivity contribution < 1.29 is 4.79 Å². The van der Waals surface area contributed by atoms with Crippen LogP contribution >= 0.6 is 0 Å². The average molecular weight is 327 g/mol. The van der Waals surface area contributed by atoms with Gasteiger partial charge in [-0.15, -0.1) is 0 Å². The van der Waals surface area contributed by atoms with Gasteiger partial charge in [-0.1, -0.05) is 25.3 Å². The SMILES string of the molecule is Cc1ccc(N2CC[C@@]3(CCCN(C4CCCCC4)C3=O)C2)nc1. The minimum Gasteiger partial charge on any atom is -0.356 e. The first-order chi connectivity index (χ1) is 11.7. The van der Waals surface area contributed by atoms with Gasteiger partial charge in [0.1, 0.15) is 5.82 Å². The van der Waals surface area contributed by atoms with E-state index < -0.39 is 0 Å². The van der Waals surface area contributed by atoms with Crippen LogP contribution in [0, 0.1) is 12.3 Å². The maximum atomic E-state index is 13.4. The molecule has 2 saturated heterocycles. The molecular weight excluding hydrogens is 298 g/mol. The van der Waals surface area contributed by atoms with Crippen LogP contribution in [-0.2, 0) is 4.79 Å². The standard InChI is InChI=1S/C20H29N3O/c1-16-8-9-18(21-14-16)22-13-11-20(15-22)10-5-12-23(19(20)24)17-6-3-2-4-7-17/h8-9,14,17H,2-7,10-13,15H2,1H3/t20-/m0/s1. The molecule has 1 aromatic rings. The number of piperidine rings is 1. The summed E-state index contributed by atoms with van der Waals surface area (Å²) >= 11 is 0. The topological polar surface area (TPSA) is 36.4 Å². The second kappa shape index (κ2) is 6.38. The molecule has 3 fully saturated rings. The highest BCUT2D eigenvalue weighted by Gasteiger charge is 2.49. The number of anilines is 1. The van der Waals surface area contributed by atoms with Crippen LogP contribution in [0.25, 0.3) is 0 Å². The molecule has 1 atom stereocenters. The highest BCUT2D eigenvalue weighted by atomic mass is 16.2. The van der Waals surface area contributed by atoms with Gasteiger partial charge in [-0.2, -0.15) is 0 Å². The molecule has 3 aliphatic rings. The summed E-state index contributed by atoms with van der Waals surface area (Å²) in [7, 11) is 0. The number of amides is 1. The van der Waals surface area contributed by atoms with Crippen LogP contribution in [0.3, 0.4) is 0 Å². The maximum Gasteiger partial charge on any atom is 0.230 e. The van der Waals surface area contributed by atoms with Crippen LogP contribution in [0.4, 0.5) is 5.82 Å². The number of likely N-dealkylation sites (tertiary alicyclic amines) is 1. The summed E-state index contributed by atoms with van der Waals surface area (Å²) in [6.45, 7) is 4.86. The smallest absolute Gasteiger partial charge is 0.230 e. The lowest BCUT2D eigenvalue weighted by Gasteiger charge is -2.44. The van der Waals surface area contributed by atoms with Crippen molar-refractivity contribution in [2.24, 2.45) is 5.41 Å². The molecular formula is C20H29N3O. The molecule has 2 aliphatic heterocycles. The van der Waals surface area contributed by atoms with Crippen molar-refractivity contribution in [2.75, 3.05) is 24.5 Å². The number of hydrogen-bond donors (Lipinski definition) is 0. The number of rotatable bonds is 2. The molecule has 1 aliphatic carbocycles. The van der Waals surface area contributed by atoms with Crippen LogP contribution in [0.1, 0.15) is 56.9 Å².